The van der Waals surface area contributed by atoms with Crippen LogP contribution in [0.3, 0.4) is 0 Å². The van der Waals surface area contributed by atoms with E-state index in [1.54, 1.807) is 29.2 Å². The topological polar surface area (TPSA) is 107 Å². The van der Waals surface area contributed by atoms with Gasteiger partial charge in [-0.15, -0.1) is 6.42 Å². The van der Waals surface area contributed by atoms with Crippen molar-refractivity contribution in [2.75, 3.05) is 44.3 Å². The molecule has 7 rings (SSSR count). The van der Waals surface area contributed by atoms with Crippen LogP contribution >= 0.6 is 0 Å². The zero-order valence-corrected chi connectivity index (χ0v) is 23.1. The summed E-state index contributed by atoms with van der Waals surface area (Å²) in [7, 11) is 0. The minimum atomic E-state index is -0.957. The molecule has 0 radical (unpaired) electrons. The number of nitrogens with zero attached hydrogens (tertiary/aromatic N) is 5. The molecule has 2 fully saturated rings. The number of aromatic nitrogens is 3. The second-order valence-corrected chi connectivity index (χ2v) is 11.2. The van der Waals surface area contributed by atoms with E-state index in [4.69, 9.17) is 21.6 Å². The van der Waals surface area contributed by atoms with Crippen LogP contribution in [0.1, 0.15) is 24.8 Å². The van der Waals surface area contributed by atoms with Crippen molar-refractivity contribution in [1.82, 2.24) is 19.9 Å². The number of benzene rings is 2. The molecular formula is C31H27F3N6O3. The van der Waals surface area contributed by atoms with Crippen molar-refractivity contribution in [2.45, 2.75) is 31.0 Å². The van der Waals surface area contributed by atoms with Crippen LogP contribution < -0.4 is 20.1 Å². The Bertz CT molecular complexity index is 1850. The van der Waals surface area contributed by atoms with Gasteiger partial charge in [0.2, 0.25) is 11.8 Å². The molecule has 3 aliphatic rings. The van der Waals surface area contributed by atoms with Gasteiger partial charge in [0.05, 0.1) is 24.2 Å². The maximum atomic E-state index is 16.7. The average Bonchev–Trinajstić information content (AvgIpc) is 3.45. The molecule has 2 N–H and O–H groups in total. The molecule has 1 amide bonds. The number of anilines is 1. The van der Waals surface area contributed by atoms with Crippen molar-refractivity contribution < 1.29 is 27.4 Å². The lowest BCUT2D eigenvalue weighted by atomic mass is 9.95. The summed E-state index contributed by atoms with van der Waals surface area (Å²) in [4.78, 5) is 29.1. The fourth-order valence-electron chi connectivity index (χ4n) is 6.72. The number of pyridine rings is 1. The van der Waals surface area contributed by atoms with Crippen LogP contribution in [0, 0.1) is 24.0 Å². The summed E-state index contributed by atoms with van der Waals surface area (Å²) in [5.41, 5.74) is 4.95. The van der Waals surface area contributed by atoms with Crippen LogP contribution in [0.25, 0.3) is 32.9 Å². The van der Waals surface area contributed by atoms with Gasteiger partial charge in [-0.05, 0) is 30.8 Å². The van der Waals surface area contributed by atoms with Crippen LogP contribution in [0.5, 0.6) is 11.9 Å². The van der Waals surface area contributed by atoms with E-state index in [-0.39, 0.29) is 71.7 Å². The van der Waals surface area contributed by atoms with Crippen molar-refractivity contribution >= 4 is 33.4 Å². The van der Waals surface area contributed by atoms with Crippen molar-refractivity contribution in [3.8, 4) is 35.5 Å². The number of halogens is 3. The van der Waals surface area contributed by atoms with E-state index in [0.717, 1.165) is 19.4 Å². The van der Waals surface area contributed by atoms with E-state index < -0.39 is 29.3 Å². The van der Waals surface area contributed by atoms with Crippen molar-refractivity contribution in [3.63, 3.8) is 0 Å². The highest BCUT2D eigenvalue weighted by Gasteiger charge is 2.49. The molecule has 0 aliphatic carbocycles. The third kappa shape index (κ3) is 4.46. The maximum Gasteiger partial charge on any atom is 0.319 e. The highest BCUT2D eigenvalue weighted by atomic mass is 19.1. The summed E-state index contributed by atoms with van der Waals surface area (Å²) >= 11 is 0. The number of nitrogens with two attached hydrogens (primary N) is 1. The molecule has 5 heterocycles. The Morgan fingerprint density at radius 2 is 2.05 bits per heavy atom. The summed E-state index contributed by atoms with van der Waals surface area (Å²) in [5.74, 6) is 0.511. The first-order valence-electron chi connectivity index (χ1n) is 14.1. The molecule has 2 saturated heterocycles. The van der Waals surface area contributed by atoms with Gasteiger partial charge in [0.15, 0.2) is 5.82 Å². The SMILES string of the molecule is C#Cc1c(F)ccc2cccc(-c3nc4c5c(nc(OC[C@@]67CCCN6C[C@H](F)C7)nc5c3F)N(CC(N)=O)CCO4)c12. The number of primary amides is 1. The average molecular weight is 589 g/mol. The predicted octanol–water partition coefficient (Wildman–Crippen LogP) is 3.74. The first-order valence-corrected chi connectivity index (χ1v) is 14.1. The Morgan fingerprint density at radius 3 is 2.86 bits per heavy atom. The number of terminal acetylenes is 1. The van der Waals surface area contributed by atoms with E-state index in [1.165, 1.54) is 6.07 Å². The molecule has 2 atom stereocenters. The minimum absolute atomic E-state index is 0.0238. The highest BCUT2D eigenvalue weighted by Crippen LogP contribution is 2.43. The van der Waals surface area contributed by atoms with Crippen LogP contribution in [0.15, 0.2) is 30.3 Å². The summed E-state index contributed by atoms with van der Waals surface area (Å²) < 4.78 is 57.9. The molecule has 220 valence electrons. The highest BCUT2D eigenvalue weighted by molar-refractivity contribution is 6.03. The normalized spacial score (nSPS) is 21.4. The second kappa shape index (κ2) is 10.3. The standard InChI is InChI=1S/C31H27F3N6O3/c1-2-19-21(33)8-7-17-5-3-6-20(23(17)19)26-25(34)27-24-28(39(15-22(35)41)11-12-42-29(24)36-26)38-30(37-27)43-16-31-9-4-10-40(31)14-18(32)13-31/h1,3,5-8,18H,4,9-16H2,(H2,35,41)/t18-,31+/m1/s1. The number of carbonyl (C=O) groups is 1. The quantitative estimate of drug-likeness (QED) is 0.340. The summed E-state index contributed by atoms with van der Waals surface area (Å²) in [5, 5.41) is 1.06. The van der Waals surface area contributed by atoms with Crippen LogP contribution in [0.2, 0.25) is 0 Å². The van der Waals surface area contributed by atoms with E-state index in [1.807, 2.05) is 0 Å². The fraction of sp³-hybridized carbons (Fsp3) is 0.355. The van der Waals surface area contributed by atoms with E-state index >= 15 is 4.39 Å². The molecule has 2 aromatic heterocycles. The van der Waals surface area contributed by atoms with Crippen LogP contribution in [0.4, 0.5) is 19.0 Å². The Kier molecular flexibility index (Phi) is 6.50. The first kappa shape index (κ1) is 27.2. The Labute approximate surface area is 244 Å². The third-order valence-corrected chi connectivity index (χ3v) is 8.58. The van der Waals surface area contributed by atoms with Crippen molar-refractivity contribution in [3.05, 3.63) is 47.5 Å². The lowest BCUT2D eigenvalue weighted by Crippen LogP contribution is -2.43. The Balaban J connectivity index is 1.42. The van der Waals surface area contributed by atoms with Gasteiger partial charge in [0.1, 0.15) is 47.6 Å². The molecule has 3 aliphatic heterocycles. The van der Waals surface area contributed by atoms with E-state index in [9.17, 15) is 13.6 Å². The van der Waals surface area contributed by atoms with Crippen molar-refractivity contribution in [2.24, 2.45) is 5.73 Å². The maximum absolute atomic E-state index is 16.7. The zero-order chi connectivity index (χ0) is 29.9. The van der Waals surface area contributed by atoms with Gasteiger partial charge in [0.25, 0.3) is 0 Å². The fourth-order valence-corrected chi connectivity index (χ4v) is 6.72. The molecule has 2 aromatic carbocycles. The van der Waals surface area contributed by atoms with Gasteiger partial charge in [-0.25, -0.2) is 18.2 Å². The summed E-state index contributed by atoms with van der Waals surface area (Å²) in [6.07, 6.45) is 6.72. The summed E-state index contributed by atoms with van der Waals surface area (Å²) in [6.45, 7) is 1.30. The Hall–Kier alpha value is -4.63. The molecule has 12 heteroatoms. The number of amides is 1. The number of rotatable bonds is 6. The van der Waals surface area contributed by atoms with Gasteiger partial charge in [0, 0.05) is 23.9 Å². The molecular weight excluding hydrogens is 561 g/mol. The summed E-state index contributed by atoms with van der Waals surface area (Å²) in [6, 6.07) is 7.72. The van der Waals surface area contributed by atoms with Gasteiger partial charge < -0.3 is 20.1 Å². The molecule has 4 aromatic rings. The molecule has 0 spiro atoms. The van der Waals surface area contributed by atoms with E-state index in [0.29, 0.717) is 23.7 Å². The van der Waals surface area contributed by atoms with Gasteiger partial charge in [-0.1, -0.05) is 30.2 Å². The van der Waals surface area contributed by atoms with Crippen LogP contribution in [-0.4, -0.2) is 76.9 Å². The van der Waals surface area contributed by atoms with Crippen LogP contribution in [-0.2, 0) is 4.79 Å². The first-order chi connectivity index (χ1) is 20.8. The number of alkyl halides is 1. The molecule has 0 bridgehead atoms. The lowest BCUT2D eigenvalue weighted by molar-refractivity contribution is -0.116. The molecule has 0 unspecified atom stereocenters. The number of carbonyl (C=O) groups excluding carboxylic acids is 1. The third-order valence-electron chi connectivity index (χ3n) is 8.58. The number of ether oxygens (including phenoxy) is 2. The predicted molar refractivity (Wildman–Crippen MR) is 154 cm³/mol. The smallest absolute Gasteiger partial charge is 0.319 e. The van der Waals surface area contributed by atoms with Gasteiger partial charge in [-0.3, -0.25) is 9.69 Å². The Morgan fingerprint density at radius 1 is 1.19 bits per heavy atom. The molecule has 43 heavy (non-hydrogen) atoms. The number of hydrogen-bond donors (Lipinski definition) is 1. The van der Waals surface area contributed by atoms with Gasteiger partial charge in [-0.2, -0.15) is 9.97 Å². The number of hydrogen-bond acceptors (Lipinski definition) is 8. The number of fused-ring (bicyclic) bond motifs is 2. The minimum Gasteiger partial charge on any atom is -0.475 e. The second-order valence-electron chi connectivity index (χ2n) is 11.2. The lowest BCUT2D eigenvalue weighted by Gasteiger charge is -2.31. The van der Waals surface area contributed by atoms with Gasteiger partial charge >= 0.3 is 6.01 Å². The van der Waals surface area contributed by atoms with Crippen molar-refractivity contribution in [1.29, 1.82) is 0 Å². The monoisotopic (exact) mass is 588 g/mol. The zero-order valence-electron chi connectivity index (χ0n) is 23.1. The molecule has 9 nitrogen and oxygen atoms in total. The van der Waals surface area contributed by atoms with E-state index in [2.05, 4.69) is 25.8 Å². The molecule has 0 saturated carbocycles. The largest absolute Gasteiger partial charge is 0.475 e.